The van der Waals surface area contributed by atoms with Gasteiger partial charge >= 0.3 is 0 Å². The van der Waals surface area contributed by atoms with Gasteiger partial charge in [-0.3, -0.25) is 9.59 Å². The summed E-state index contributed by atoms with van der Waals surface area (Å²) in [6.45, 7) is 0. The number of pyridine rings is 1. The molecule has 0 aliphatic rings. The molecule has 0 spiro atoms. The number of imidazole rings is 1. The number of nitrogens with one attached hydrogen (secondary N) is 3. The molecule has 0 atom stereocenters. The van der Waals surface area contributed by atoms with Crippen molar-refractivity contribution in [3.05, 3.63) is 94.7 Å². The van der Waals surface area contributed by atoms with Gasteiger partial charge in [-0.25, -0.2) is 9.37 Å². The van der Waals surface area contributed by atoms with Gasteiger partial charge < -0.3 is 19.7 Å². The summed E-state index contributed by atoms with van der Waals surface area (Å²) in [6.07, 6.45) is 1.50. The molecule has 8 heteroatoms. The van der Waals surface area contributed by atoms with Gasteiger partial charge in [0.15, 0.2) is 0 Å². The van der Waals surface area contributed by atoms with E-state index < -0.39 is 11.5 Å². The number of halogens is 1. The highest BCUT2D eigenvalue weighted by Gasteiger charge is 2.13. The van der Waals surface area contributed by atoms with Crippen LogP contribution in [0.4, 0.5) is 10.1 Å². The van der Waals surface area contributed by atoms with Gasteiger partial charge in [0, 0.05) is 11.3 Å². The van der Waals surface area contributed by atoms with Crippen molar-refractivity contribution in [1.82, 2.24) is 15.0 Å². The number of nitrogens with zero attached hydrogens (tertiary/aromatic N) is 1. The lowest BCUT2D eigenvalue weighted by molar-refractivity contribution is 0.102. The van der Waals surface area contributed by atoms with Crippen molar-refractivity contribution >= 4 is 22.6 Å². The molecule has 0 bridgehead atoms. The zero-order chi connectivity index (χ0) is 21.4. The van der Waals surface area contributed by atoms with Crippen molar-refractivity contribution in [3.63, 3.8) is 0 Å². The van der Waals surface area contributed by atoms with Crippen molar-refractivity contribution in [3.8, 4) is 22.8 Å². The normalized spacial score (nSPS) is 11.0. The molecular formula is C23H15FN4O3. The second-order valence-corrected chi connectivity index (χ2v) is 6.87. The summed E-state index contributed by atoms with van der Waals surface area (Å²) in [5.74, 6) is 0.226. The molecule has 152 valence electrons. The fourth-order valence-corrected chi connectivity index (χ4v) is 3.26. The molecule has 0 unspecified atom stereocenters. The van der Waals surface area contributed by atoms with Crippen LogP contribution in [0.1, 0.15) is 10.4 Å². The number of anilines is 1. The minimum atomic E-state index is -0.529. The van der Waals surface area contributed by atoms with Gasteiger partial charge in [-0.1, -0.05) is 0 Å². The molecule has 0 saturated heterocycles. The fraction of sp³-hybridized carbons (Fsp3) is 0. The predicted octanol–water partition coefficient (Wildman–Crippen LogP) is 4.57. The maximum Gasteiger partial charge on any atom is 0.261 e. The minimum Gasteiger partial charge on any atom is -0.463 e. The number of benzene rings is 2. The minimum absolute atomic E-state index is 0.0151. The summed E-state index contributed by atoms with van der Waals surface area (Å²) in [7, 11) is 0. The lowest BCUT2D eigenvalue weighted by Gasteiger charge is -2.06. The zero-order valence-electron chi connectivity index (χ0n) is 16.0. The van der Waals surface area contributed by atoms with E-state index in [1.165, 1.54) is 24.5 Å². The maximum atomic E-state index is 13.4. The first-order valence-electron chi connectivity index (χ1n) is 9.41. The number of furan rings is 1. The molecule has 1 amide bonds. The van der Waals surface area contributed by atoms with Gasteiger partial charge in [-0.05, 0) is 66.7 Å². The molecule has 31 heavy (non-hydrogen) atoms. The number of aromatic nitrogens is 3. The number of rotatable bonds is 4. The quantitative estimate of drug-likeness (QED) is 0.401. The average molecular weight is 414 g/mol. The number of amides is 1. The van der Waals surface area contributed by atoms with E-state index in [2.05, 4.69) is 20.3 Å². The van der Waals surface area contributed by atoms with Crippen molar-refractivity contribution in [2.45, 2.75) is 0 Å². The molecule has 3 aromatic heterocycles. The van der Waals surface area contributed by atoms with E-state index in [0.717, 1.165) is 5.56 Å². The van der Waals surface area contributed by atoms with Crippen molar-refractivity contribution < 1.29 is 13.6 Å². The number of carbonyl (C=O) groups excluding carboxylic acids is 1. The van der Waals surface area contributed by atoms with E-state index in [1.807, 2.05) is 0 Å². The van der Waals surface area contributed by atoms with E-state index in [1.54, 1.807) is 48.5 Å². The van der Waals surface area contributed by atoms with Gasteiger partial charge in [0.2, 0.25) is 0 Å². The van der Waals surface area contributed by atoms with E-state index in [9.17, 15) is 14.0 Å². The van der Waals surface area contributed by atoms with Gasteiger partial charge in [0.05, 0.1) is 23.0 Å². The Morgan fingerprint density at radius 2 is 1.84 bits per heavy atom. The molecule has 5 rings (SSSR count). The van der Waals surface area contributed by atoms with Crippen LogP contribution in [0.25, 0.3) is 33.9 Å². The summed E-state index contributed by atoms with van der Waals surface area (Å²) in [5.41, 5.74) is 2.51. The summed E-state index contributed by atoms with van der Waals surface area (Å²) < 4.78 is 18.6. The number of fused-ring (bicyclic) bond motifs is 1. The largest absolute Gasteiger partial charge is 0.463 e. The second-order valence-electron chi connectivity index (χ2n) is 6.87. The van der Waals surface area contributed by atoms with Gasteiger partial charge in [0.25, 0.3) is 11.5 Å². The molecule has 0 radical (unpaired) electrons. The van der Waals surface area contributed by atoms with Crippen LogP contribution >= 0.6 is 0 Å². The molecule has 5 aromatic rings. The Kier molecular flexibility index (Phi) is 4.44. The van der Waals surface area contributed by atoms with Crippen LogP contribution in [-0.2, 0) is 0 Å². The molecule has 7 nitrogen and oxygen atoms in total. The van der Waals surface area contributed by atoms with Crippen LogP contribution in [0.2, 0.25) is 0 Å². The van der Waals surface area contributed by atoms with Gasteiger partial charge in [-0.2, -0.15) is 0 Å². The molecule has 2 aromatic carbocycles. The number of hydrogen-bond acceptors (Lipinski definition) is 4. The molecule has 3 N–H and O–H groups in total. The Morgan fingerprint density at radius 3 is 2.58 bits per heavy atom. The zero-order valence-corrected chi connectivity index (χ0v) is 16.0. The fourth-order valence-electron chi connectivity index (χ4n) is 3.26. The molecule has 0 aliphatic heterocycles. The Bertz CT molecular complexity index is 1450. The number of hydrogen-bond donors (Lipinski definition) is 3. The Balaban J connectivity index is 1.34. The third-order valence-electron chi connectivity index (χ3n) is 4.80. The van der Waals surface area contributed by atoms with E-state index in [4.69, 9.17) is 4.42 Å². The highest BCUT2D eigenvalue weighted by molar-refractivity contribution is 6.04. The SMILES string of the molecule is O=C(Nc1ccc(-c2nc3ccc(F)cc3[nH]2)cc1)c1ccc(-c2ccco2)[nH]c1=O. The molecular weight excluding hydrogens is 399 g/mol. The third kappa shape index (κ3) is 3.62. The van der Waals surface area contributed by atoms with Crippen LogP contribution in [0.3, 0.4) is 0 Å². The Labute approximate surface area is 174 Å². The topological polar surface area (TPSA) is 104 Å². The predicted molar refractivity (Wildman–Crippen MR) is 114 cm³/mol. The first kappa shape index (κ1) is 18.6. The van der Waals surface area contributed by atoms with Crippen molar-refractivity contribution in [1.29, 1.82) is 0 Å². The van der Waals surface area contributed by atoms with Gasteiger partial charge in [-0.15, -0.1) is 0 Å². The summed E-state index contributed by atoms with van der Waals surface area (Å²) in [4.78, 5) is 35.0. The monoisotopic (exact) mass is 414 g/mol. The lowest BCUT2D eigenvalue weighted by Crippen LogP contribution is -2.23. The van der Waals surface area contributed by atoms with E-state index in [0.29, 0.717) is 34.0 Å². The van der Waals surface area contributed by atoms with Crippen LogP contribution < -0.4 is 10.9 Å². The molecule has 3 heterocycles. The number of carbonyl (C=O) groups is 1. The summed E-state index contributed by atoms with van der Waals surface area (Å²) >= 11 is 0. The molecule has 0 saturated carbocycles. The van der Waals surface area contributed by atoms with E-state index >= 15 is 0 Å². The third-order valence-corrected chi connectivity index (χ3v) is 4.80. The highest BCUT2D eigenvalue weighted by Crippen LogP contribution is 2.23. The summed E-state index contributed by atoms with van der Waals surface area (Å²) in [6, 6.07) is 17.8. The maximum absolute atomic E-state index is 13.4. The van der Waals surface area contributed by atoms with Crippen molar-refractivity contribution in [2.24, 2.45) is 0 Å². The number of aromatic amines is 2. The van der Waals surface area contributed by atoms with Gasteiger partial charge in [0.1, 0.15) is 23.0 Å². The smallest absolute Gasteiger partial charge is 0.261 e. The van der Waals surface area contributed by atoms with E-state index in [-0.39, 0.29) is 11.4 Å². The first-order chi connectivity index (χ1) is 15.1. The van der Waals surface area contributed by atoms with Crippen LogP contribution in [-0.4, -0.2) is 20.9 Å². The lowest BCUT2D eigenvalue weighted by atomic mass is 10.2. The number of H-pyrrole nitrogens is 2. The van der Waals surface area contributed by atoms with Crippen LogP contribution in [0.5, 0.6) is 0 Å². The molecule has 0 aliphatic carbocycles. The Morgan fingerprint density at radius 1 is 1.00 bits per heavy atom. The van der Waals surface area contributed by atoms with Crippen LogP contribution in [0.15, 0.2) is 82.2 Å². The molecule has 0 fully saturated rings. The average Bonchev–Trinajstić information content (AvgIpc) is 3.44. The second kappa shape index (κ2) is 7.42. The summed E-state index contributed by atoms with van der Waals surface area (Å²) in [5, 5.41) is 2.70. The highest BCUT2D eigenvalue weighted by atomic mass is 19.1. The standard InChI is InChI=1S/C23H15FN4O3/c24-14-5-9-17-19(12-14)27-21(26-17)13-3-6-15(7-4-13)25-22(29)16-8-10-18(28-23(16)30)20-2-1-11-31-20/h1-12H,(H,25,29)(H,26,27)(H,28,30). The van der Waals surface area contributed by atoms with Crippen LogP contribution in [0, 0.1) is 5.82 Å². The van der Waals surface area contributed by atoms with Crippen molar-refractivity contribution in [2.75, 3.05) is 5.32 Å². The first-order valence-corrected chi connectivity index (χ1v) is 9.41. The Hall–Kier alpha value is -4.46.